The molecule has 0 saturated heterocycles. The Labute approximate surface area is 205 Å². The lowest BCUT2D eigenvalue weighted by molar-refractivity contribution is -0.0504. The Morgan fingerprint density at radius 2 is 1.05 bits per heavy atom. The van der Waals surface area contributed by atoms with Gasteiger partial charge in [-0.2, -0.15) is 43.2 Å². The summed E-state index contributed by atoms with van der Waals surface area (Å²) >= 11 is 0. The molecule has 1 aliphatic rings. The van der Waals surface area contributed by atoms with Gasteiger partial charge >= 0.3 is 31.3 Å². The summed E-state index contributed by atoms with van der Waals surface area (Å²) < 4.78 is 146. The van der Waals surface area contributed by atoms with Crippen LogP contribution in [-0.4, -0.2) is 27.9 Å². The van der Waals surface area contributed by atoms with Gasteiger partial charge in [0.15, 0.2) is 7.14 Å². The maximum atomic E-state index is 14.6. The van der Waals surface area contributed by atoms with E-state index in [2.05, 4.69) is 13.7 Å². The normalized spacial score (nSPS) is 15.2. The zero-order chi connectivity index (χ0) is 27.4. The van der Waals surface area contributed by atoms with E-state index in [0.29, 0.717) is 0 Å². The number of benzene rings is 3. The van der Waals surface area contributed by atoms with Gasteiger partial charge in [0.2, 0.25) is 0 Å². The van der Waals surface area contributed by atoms with Crippen LogP contribution in [0.1, 0.15) is 0 Å². The van der Waals surface area contributed by atoms with Crippen molar-refractivity contribution in [3.05, 3.63) is 66.7 Å². The molecule has 0 amide bonds. The van der Waals surface area contributed by atoms with E-state index in [-0.39, 0.29) is 27.3 Å². The molecule has 0 saturated carbocycles. The molecule has 3 aromatic rings. The summed E-state index contributed by atoms with van der Waals surface area (Å²) in [6.45, 7) is 0. The highest BCUT2D eigenvalue weighted by molar-refractivity contribution is 7.88. The summed E-state index contributed by atoms with van der Waals surface area (Å²) in [5, 5.41) is 2.32. The van der Waals surface area contributed by atoms with Crippen molar-refractivity contribution in [1.82, 2.24) is 0 Å². The largest absolute Gasteiger partial charge is 0.534 e. The second-order valence-corrected chi connectivity index (χ2v) is 13.2. The first-order valence-electron chi connectivity index (χ1n) is 9.69. The summed E-state index contributed by atoms with van der Waals surface area (Å²) in [7, 11) is -16.4. The number of halogens is 6. The Morgan fingerprint density at radius 3 is 1.43 bits per heavy atom. The highest BCUT2D eigenvalue weighted by Crippen LogP contribution is 2.51. The summed E-state index contributed by atoms with van der Waals surface area (Å²) in [5.74, 6) is -1.69. The fourth-order valence-corrected chi connectivity index (χ4v) is 7.27. The third-order valence-corrected chi connectivity index (χ3v) is 10.1. The quantitative estimate of drug-likeness (QED) is 0.162. The van der Waals surface area contributed by atoms with Crippen molar-refractivity contribution in [2.24, 2.45) is 0 Å². The fourth-order valence-electron chi connectivity index (χ4n) is 3.40. The molecule has 0 aliphatic carbocycles. The van der Waals surface area contributed by atoms with Gasteiger partial charge in [-0.3, -0.25) is 0 Å². The van der Waals surface area contributed by atoms with Crippen LogP contribution in [0.5, 0.6) is 11.5 Å². The number of anilines is 2. The molecule has 198 valence electrons. The molecule has 0 bridgehead atoms. The maximum absolute atomic E-state index is 14.6. The maximum Gasteiger partial charge on any atom is 0.534 e. The SMILES string of the molecule is O=P1(c2ccccc2)c2cc(OS(=O)(=O)C(F)(F)F)ccc2Nc2ccc(OS(=O)(=O)C(F)(F)F)cc21. The lowest BCUT2D eigenvalue weighted by Gasteiger charge is -2.30. The van der Waals surface area contributed by atoms with Crippen LogP contribution in [0.15, 0.2) is 66.7 Å². The third-order valence-electron chi connectivity index (χ3n) is 4.98. The average Bonchev–Trinajstić information content (AvgIpc) is 2.79. The van der Waals surface area contributed by atoms with E-state index in [4.69, 9.17) is 0 Å². The molecule has 0 atom stereocenters. The highest BCUT2D eigenvalue weighted by Gasteiger charge is 2.50. The molecular formula is C20H12F6NO7PS2. The van der Waals surface area contributed by atoms with Crippen LogP contribution >= 0.6 is 7.14 Å². The first-order chi connectivity index (χ1) is 17.0. The molecule has 0 aromatic heterocycles. The van der Waals surface area contributed by atoms with Crippen LogP contribution < -0.4 is 29.6 Å². The molecule has 3 aromatic carbocycles. The van der Waals surface area contributed by atoms with Gasteiger partial charge < -0.3 is 18.2 Å². The fraction of sp³-hybridized carbons (Fsp3) is 0.100. The smallest absolute Gasteiger partial charge is 0.376 e. The Balaban J connectivity index is 1.91. The Hall–Kier alpha value is -3.23. The topological polar surface area (TPSA) is 116 Å². The van der Waals surface area contributed by atoms with Crippen molar-refractivity contribution in [2.45, 2.75) is 11.0 Å². The van der Waals surface area contributed by atoms with Crippen molar-refractivity contribution in [1.29, 1.82) is 0 Å². The second kappa shape index (κ2) is 8.67. The lowest BCUT2D eigenvalue weighted by atomic mass is 10.2. The molecule has 4 rings (SSSR count). The van der Waals surface area contributed by atoms with Crippen LogP contribution in [0.3, 0.4) is 0 Å². The standard InChI is InChI=1S/C20H12F6NO7PS2/c21-19(22,23)36(29,30)33-12-6-8-15-17(10-12)35(28,14-4-2-1-3-5-14)18-11-13(7-9-16(18)27-15)34-37(31,32)20(24,25)26/h1-11,27H. The van der Waals surface area contributed by atoms with E-state index >= 15 is 0 Å². The Morgan fingerprint density at radius 1 is 0.649 bits per heavy atom. The van der Waals surface area contributed by atoms with Crippen molar-refractivity contribution in [3.63, 3.8) is 0 Å². The average molecular weight is 587 g/mol. The van der Waals surface area contributed by atoms with Crippen molar-refractivity contribution in [3.8, 4) is 11.5 Å². The van der Waals surface area contributed by atoms with E-state index in [0.717, 1.165) is 36.4 Å². The molecule has 1 N–H and O–H groups in total. The molecule has 0 unspecified atom stereocenters. The summed E-state index contributed by atoms with van der Waals surface area (Å²) in [6.07, 6.45) is 0. The minimum absolute atomic E-state index is 0.0469. The number of rotatable bonds is 5. The first kappa shape index (κ1) is 26.8. The number of hydrogen-bond donors (Lipinski definition) is 1. The van der Waals surface area contributed by atoms with Gasteiger partial charge in [-0.05, 0) is 36.4 Å². The van der Waals surface area contributed by atoms with Crippen LogP contribution in [0.2, 0.25) is 0 Å². The molecule has 0 fully saturated rings. The number of nitrogens with one attached hydrogen (secondary N) is 1. The van der Waals surface area contributed by atoms with Gasteiger partial charge in [0.25, 0.3) is 0 Å². The summed E-state index contributed by atoms with van der Waals surface area (Å²) in [4.78, 5) is 0. The van der Waals surface area contributed by atoms with Gasteiger partial charge in [-0.25, -0.2) is 0 Å². The molecule has 37 heavy (non-hydrogen) atoms. The van der Waals surface area contributed by atoms with Crippen LogP contribution in [-0.2, 0) is 24.8 Å². The summed E-state index contributed by atoms with van der Waals surface area (Å²) in [5.41, 5.74) is -11.4. The predicted molar refractivity (Wildman–Crippen MR) is 120 cm³/mol. The third kappa shape index (κ3) is 4.76. The minimum Gasteiger partial charge on any atom is -0.376 e. The Bertz CT molecular complexity index is 1540. The van der Waals surface area contributed by atoms with Crippen LogP contribution in [0.25, 0.3) is 0 Å². The molecule has 0 spiro atoms. The van der Waals surface area contributed by atoms with Gasteiger partial charge in [0, 0.05) is 15.9 Å². The number of alkyl halides is 6. The van der Waals surface area contributed by atoms with Crippen LogP contribution in [0.4, 0.5) is 37.7 Å². The van der Waals surface area contributed by atoms with Gasteiger partial charge in [0.1, 0.15) is 11.5 Å². The lowest BCUT2D eigenvalue weighted by Crippen LogP contribution is -2.33. The van der Waals surface area contributed by atoms with Gasteiger partial charge in [0.05, 0.1) is 11.4 Å². The highest BCUT2D eigenvalue weighted by atomic mass is 32.2. The first-order valence-corrected chi connectivity index (χ1v) is 14.2. The van der Waals surface area contributed by atoms with E-state index in [1.165, 1.54) is 24.3 Å². The van der Waals surface area contributed by atoms with E-state index < -0.39 is 49.9 Å². The summed E-state index contributed by atoms with van der Waals surface area (Å²) in [6, 6.07) is 12.7. The van der Waals surface area contributed by atoms with E-state index in [9.17, 15) is 47.7 Å². The van der Waals surface area contributed by atoms with Crippen molar-refractivity contribution in [2.75, 3.05) is 5.32 Å². The van der Waals surface area contributed by atoms with Gasteiger partial charge in [-0.15, -0.1) is 0 Å². The van der Waals surface area contributed by atoms with E-state index in [1.807, 2.05) is 0 Å². The molecule has 1 heterocycles. The molecule has 17 heteroatoms. The molecule has 0 radical (unpaired) electrons. The van der Waals surface area contributed by atoms with Crippen molar-refractivity contribution >= 4 is 54.7 Å². The molecular weight excluding hydrogens is 575 g/mol. The van der Waals surface area contributed by atoms with Crippen LogP contribution in [0, 0.1) is 0 Å². The zero-order valence-corrected chi connectivity index (χ0v) is 20.3. The predicted octanol–water partition coefficient (Wildman–Crippen LogP) is 3.84. The zero-order valence-electron chi connectivity index (χ0n) is 17.7. The van der Waals surface area contributed by atoms with E-state index in [1.54, 1.807) is 6.07 Å². The Kier molecular flexibility index (Phi) is 6.28. The minimum atomic E-state index is -6.08. The monoisotopic (exact) mass is 587 g/mol. The number of fused-ring (bicyclic) bond motifs is 2. The van der Waals surface area contributed by atoms with Gasteiger partial charge in [-0.1, -0.05) is 30.3 Å². The van der Waals surface area contributed by atoms with Crippen molar-refractivity contribution < 1.29 is 56.1 Å². The molecule has 1 aliphatic heterocycles. The second-order valence-electron chi connectivity index (χ2n) is 7.39. The molecule has 8 nitrogen and oxygen atoms in total. The number of hydrogen-bond acceptors (Lipinski definition) is 8.